The molecule has 2 aromatic heterocycles. The summed E-state index contributed by atoms with van der Waals surface area (Å²) in [4.78, 5) is 26.6. The molecule has 1 amide bonds. The average Bonchev–Trinajstić information content (AvgIpc) is 3.03. The molecule has 0 radical (unpaired) electrons. The van der Waals surface area contributed by atoms with Gasteiger partial charge in [0.1, 0.15) is 11.2 Å². The number of rotatable bonds is 2. The van der Waals surface area contributed by atoms with E-state index in [4.69, 9.17) is 0 Å². The van der Waals surface area contributed by atoms with Crippen LogP contribution >= 0.6 is 15.9 Å². The quantitative estimate of drug-likeness (QED) is 0.826. The first-order valence-corrected chi connectivity index (χ1v) is 7.92. The number of pyridine rings is 1. The topological polar surface area (TPSA) is 76.9 Å². The summed E-state index contributed by atoms with van der Waals surface area (Å²) < 4.78 is 2.74. The molecule has 0 spiro atoms. The third-order valence-electron chi connectivity index (χ3n) is 3.89. The van der Waals surface area contributed by atoms with Crippen molar-refractivity contribution in [2.24, 2.45) is 12.5 Å². The first-order valence-electron chi connectivity index (χ1n) is 7.13. The molecule has 6 nitrogen and oxygen atoms in total. The fourth-order valence-corrected chi connectivity index (χ4v) is 2.76. The second-order valence-electron chi connectivity index (χ2n) is 5.45. The molecule has 22 heavy (non-hydrogen) atoms. The predicted molar refractivity (Wildman–Crippen MR) is 87.2 cm³/mol. The van der Waals surface area contributed by atoms with Crippen molar-refractivity contribution in [1.82, 2.24) is 20.1 Å². The fraction of sp³-hybridized carbons (Fsp3) is 0.467. The third kappa shape index (κ3) is 3.19. The van der Waals surface area contributed by atoms with Gasteiger partial charge in [-0.1, -0.05) is 6.92 Å². The molecule has 1 N–H and O–H groups in total. The molecule has 2 aromatic rings. The van der Waals surface area contributed by atoms with Crippen LogP contribution in [0.25, 0.3) is 11.0 Å². The summed E-state index contributed by atoms with van der Waals surface area (Å²) in [5, 5.41) is 7.79. The van der Waals surface area contributed by atoms with Crippen LogP contribution in [0.3, 0.4) is 0 Å². The van der Waals surface area contributed by atoms with E-state index in [1.165, 1.54) is 0 Å². The van der Waals surface area contributed by atoms with Gasteiger partial charge in [-0.25, -0.2) is 4.98 Å². The number of nitrogens with zero attached hydrogens (tertiary/aromatic N) is 3. The van der Waals surface area contributed by atoms with Gasteiger partial charge >= 0.3 is 0 Å². The highest BCUT2D eigenvalue weighted by atomic mass is 79.9. The fourth-order valence-electron chi connectivity index (χ4n) is 2.41. The first kappa shape index (κ1) is 16.6. The van der Waals surface area contributed by atoms with Crippen LogP contribution in [0, 0.1) is 5.41 Å². The van der Waals surface area contributed by atoms with E-state index in [1.54, 1.807) is 30.9 Å². The Kier molecular flexibility index (Phi) is 4.95. The number of ketones is 1. The number of fused-ring (bicyclic) bond motifs is 1. The second kappa shape index (κ2) is 6.56. The summed E-state index contributed by atoms with van der Waals surface area (Å²) in [6.07, 6.45) is 4.67. The first-order chi connectivity index (χ1) is 10.4. The molecule has 1 fully saturated rings. The van der Waals surface area contributed by atoms with E-state index in [2.05, 4.69) is 31.3 Å². The number of nitrogens with one attached hydrogen (secondary N) is 1. The summed E-state index contributed by atoms with van der Waals surface area (Å²) in [5.41, 5.74) is 0.183. The van der Waals surface area contributed by atoms with Crippen molar-refractivity contribution < 1.29 is 9.59 Å². The number of hydrogen-bond acceptors (Lipinski definition) is 4. The molecule has 3 heterocycles. The van der Waals surface area contributed by atoms with Crippen molar-refractivity contribution in [3.05, 3.63) is 22.9 Å². The minimum Gasteiger partial charge on any atom is -0.355 e. The monoisotopic (exact) mass is 366 g/mol. The van der Waals surface area contributed by atoms with Crippen LogP contribution in [0.2, 0.25) is 0 Å². The highest BCUT2D eigenvalue weighted by Crippen LogP contribution is 2.27. The number of aryl methyl sites for hydroxylation is 1. The normalized spacial score (nSPS) is 20.5. The zero-order valence-electron chi connectivity index (χ0n) is 12.9. The average molecular weight is 367 g/mol. The van der Waals surface area contributed by atoms with E-state index < -0.39 is 5.41 Å². The Morgan fingerprint density at radius 2 is 2.23 bits per heavy atom. The van der Waals surface area contributed by atoms with Crippen LogP contribution in [0.4, 0.5) is 0 Å². The zero-order chi connectivity index (χ0) is 16.3. The Morgan fingerprint density at radius 3 is 2.82 bits per heavy atom. The molecular formula is C15H19BrN4O2. The van der Waals surface area contributed by atoms with Crippen molar-refractivity contribution in [2.45, 2.75) is 26.7 Å². The van der Waals surface area contributed by atoms with Gasteiger partial charge in [-0.05, 0) is 35.3 Å². The predicted octanol–water partition coefficient (Wildman–Crippen LogP) is 2.22. The van der Waals surface area contributed by atoms with Crippen LogP contribution < -0.4 is 5.32 Å². The van der Waals surface area contributed by atoms with Crippen molar-refractivity contribution in [3.63, 3.8) is 0 Å². The lowest BCUT2D eigenvalue weighted by molar-refractivity contribution is -0.138. The summed E-state index contributed by atoms with van der Waals surface area (Å²) >= 11 is 3.34. The number of Topliss-reactive ketones (excluding diaryl/α,β-unsaturated/α-hetero) is 1. The van der Waals surface area contributed by atoms with Gasteiger partial charge in [0.05, 0.1) is 6.20 Å². The van der Waals surface area contributed by atoms with Gasteiger partial charge in [0.2, 0.25) is 5.91 Å². The van der Waals surface area contributed by atoms with Crippen molar-refractivity contribution in [1.29, 1.82) is 0 Å². The number of aromatic nitrogens is 3. The molecule has 3 rings (SSSR count). The minimum absolute atomic E-state index is 0.0486. The van der Waals surface area contributed by atoms with E-state index >= 15 is 0 Å². The molecule has 1 aliphatic heterocycles. The molecule has 0 aliphatic carbocycles. The van der Waals surface area contributed by atoms with Crippen molar-refractivity contribution >= 4 is 38.7 Å². The highest BCUT2D eigenvalue weighted by Gasteiger charge is 2.42. The van der Waals surface area contributed by atoms with E-state index in [0.717, 1.165) is 15.5 Å². The maximum absolute atomic E-state index is 11.3. The Balaban J connectivity index is 0.000000160. The number of hydrogen-bond donors (Lipinski definition) is 1. The second-order valence-corrected chi connectivity index (χ2v) is 6.36. The van der Waals surface area contributed by atoms with E-state index in [-0.39, 0.29) is 11.7 Å². The van der Waals surface area contributed by atoms with Crippen LogP contribution in [0.1, 0.15) is 26.7 Å². The Hall–Kier alpha value is -1.76. The summed E-state index contributed by atoms with van der Waals surface area (Å²) in [6.45, 7) is 4.15. The molecular weight excluding hydrogens is 348 g/mol. The van der Waals surface area contributed by atoms with E-state index in [0.29, 0.717) is 19.4 Å². The standard InChI is InChI=1S/C8H13NO2.C7H6BrN3/c1-3-6(10)8(2)4-5-9-7(8)11;1-11-7-5(3-10-11)2-6(8)4-9-7/h3-5H2,1-2H3,(H,9,11);2-4H,1H3. The van der Waals surface area contributed by atoms with Crippen LogP contribution in [-0.4, -0.2) is 33.0 Å². The SMILES string of the molecule is CCC(=O)C1(C)CCNC1=O.Cn1ncc2cc(Br)cnc21. The van der Waals surface area contributed by atoms with Crippen molar-refractivity contribution in [2.75, 3.05) is 6.54 Å². The Labute approximate surface area is 137 Å². The maximum atomic E-state index is 11.3. The lowest BCUT2D eigenvalue weighted by atomic mass is 9.83. The molecule has 1 aliphatic rings. The molecule has 0 bridgehead atoms. The van der Waals surface area contributed by atoms with Crippen molar-refractivity contribution in [3.8, 4) is 0 Å². The van der Waals surface area contributed by atoms with Gasteiger partial charge in [0.15, 0.2) is 5.65 Å². The molecule has 1 atom stereocenters. The van der Waals surface area contributed by atoms with Gasteiger partial charge in [-0.3, -0.25) is 14.3 Å². The van der Waals surface area contributed by atoms with Gasteiger partial charge in [0, 0.05) is 36.1 Å². The zero-order valence-corrected chi connectivity index (χ0v) is 14.5. The summed E-state index contributed by atoms with van der Waals surface area (Å²) in [7, 11) is 1.88. The Bertz CT molecular complexity index is 713. The van der Waals surface area contributed by atoms with Gasteiger partial charge in [-0.15, -0.1) is 0 Å². The molecule has 1 unspecified atom stereocenters. The van der Waals surface area contributed by atoms with E-state index in [9.17, 15) is 9.59 Å². The smallest absolute Gasteiger partial charge is 0.233 e. The lowest BCUT2D eigenvalue weighted by Gasteiger charge is -2.16. The van der Waals surface area contributed by atoms with Gasteiger partial charge in [0.25, 0.3) is 0 Å². The maximum Gasteiger partial charge on any atom is 0.233 e. The highest BCUT2D eigenvalue weighted by molar-refractivity contribution is 9.10. The van der Waals surface area contributed by atoms with Gasteiger partial charge in [-0.2, -0.15) is 5.10 Å². The molecule has 0 saturated carbocycles. The number of halogens is 1. The third-order valence-corrected chi connectivity index (χ3v) is 4.32. The Morgan fingerprint density at radius 1 is 1.50 bits per heavy atom. The number of carbonyl (C=O) groups is 2. The largest absolute Gasteiger partial charge is 0.355 e. The van der Waals surface area contributed by atoms with Gasteiger partial charge < -0.3 is 5.32 Å². The summed E-state index contributed by atoms with van der Waals surface area (Å²) in [6, 6.07) is 2.00. The molecule has 0 aromatic carbocycles. The molecule has 7 heteroatoms. The number of carbonyl (C=O) groups excluding carboxylic acids is 2. The van der Waals surface area contributed by atoms with Crippen LogP contribution in [0.15, 0.2) is 22.9 Å². The molecule has 118 valence electrons. The summed E-state index contributed by atoms with van der Waals surface area (Å²) in [5.74, 6) is -0.0585. The van der Waals surface area contributed by atoms with Crippen LogP contribution in [-0.2, 0) is 16.6 Å². The lowest BCUT2D eigenvalue weighted by Crippen LogP contribution is -2.35. The minimum atomic E-state index is -0.727. The number of amides is 1. The molecule has 1 saturated heterocycles. The van der Waals surface area contributed by atoms with E-state index in [1.807, 2.05) is 13.1 Å². The van der Waals surface area contributed by atoms with Crippen LogP contribution in [0.5, 0.6) is 0 Å².